The second kappa shape index (κ2) is 6.23. The molecule has 0 saturated carbocycles. The first-order valence-corrected chi connectivity index (χ1v) is 6.34. The van der Waals surface area contributed by atoms with Gasteiger partial charge in [-0.1, -0.05) is 18.2 Å². The maximum Gasteiger partial charge on any atom is 0.328 e. The molecule has 0 aliphatic carbocycles. The van der Waals surface area contributed by atoms with Crippen LogP contribution in [0.5, 0.6) is 11.6 Å². The molecular weight excluding hydrogens is 272 g/mol. The van der Waals surface area contributed by atoms with Gasteiger partial charge in [0.2, 0.25) is 5.88 Å². The number of aryl methyl sites for hydroxylation is 2. The van der Waals surface area contributed by atoms with Gasteiger partial charge in [-0.2, -0.15) is 5.10 Å². The molecule has 6 nitrogen and oxygen atoms in total. The molecule has 21 heavy (non-hydrogen) atoms. The maximum atomic E-state index is 10.7. The minimum Gasteiger partial charge on any atom is -0.478 e. The summed E-state index contributed by atoms with van der Waals surface area (Å²) in [5, 5.41) is 22.3. The molecule has 0 atom stereocenters. The van der Waals surface area contributed by atoms with Crippen LogP contribution in [-0.2, 0) is 18.4 Å². The molecule has 1 aromatic carbocycles. The number of aliphatic hydroxyl groups excluding tert-OH is 1. The van der Waals surface area contributed by atoms with Gasteiger partial charge >= 0.3 is 5.97 Å². The van der Waals surface area contributed by atoms with Crippen LogP contribution in [0.2, 0.25) is 0 Å². The van der Waals surface area contributed by atoms with E-state index in [1.807, 2.05) is 0 Å². The summed E-state index contributed by atoms with van der Waals surface area (Å²) in [4.78, 5) is 10.7. The van der Waals surface area contributed by atoms with Gasteiger partial charge < -0.3 is 14.9 Å². The number of nitrogens with zero attached hydrogens (tertiary/aromatic N) is 2. The summed E-state index contributed by atoms with van der Waals surface area (Å²) in [5.74, 6) is -0.112. The van der Waals surface area contributed by atoms with Crippen LogP contribution >= 0.6 is 0 Å². The first-order valence-electron chi connectivity index (χ1n) is 6.34. The number of carboxylic acid groups (broad SMARTS) is 1. The molecule has 0 spiro atoms. The number of para-hydroxylation sites is 1. The highest BCUT2D eigenvalue weighted by atomic mass is 16.5. The third kappa shape index (κ3) is 3.29. The second-order valence-corrected chi connectivity index (χ2v) is 4.47. The number of carboxylic acids is 1. The maximum absolute atomic E-state index is 10.7. The largest absolute Gasteiger partial charge is 0.478 e. The fourth-order valence-corrected chi connectivity index (χ4v) is 1.96. The number of rotatable bonds is 5. The third-order valence-electron chi connectivity index (χ3n) is 2.96. The predicted molar refractivity (Wildman–Crippen MR) is 77.1 cm³/mol. The molecule has 2 aromatic rings. The summed E-state index contributed by atoms with van der Waals surface area (Å²) < 4.78 is 7.34. The first-order chi connectivity index (χ1) is 10.0. The van der Waals surface area contributed by atoms with Gasteiger partial charge in [0.15, 0.2) is 0 Å². The lowest BCUT2D eigenvalue weighted by atomic mass is 10.2. The van der Waals surface area contributed by atoms with Crippen LogP contribution in [0.4, 0.5) is 0 Å². The fourth-order valence-electron chi connectivity index (χ4n) is 1.96. The Kier molecular flexibility index (Phi) is 4.39. The standard InChI is InChI=1S/C15H16N2O4/c1-10-12(7-8-14(19)20)15(17(2)16-10)21-13-6-4-3-5-11(13)9-18/h3-8,18H,9H2,1-2H3,(H,19,20). The summed E-state index contributed by atoms with van der Waals surface area (Å²) in [7, 11) is 1.71. The molecule has 0 aliphatic heterocycles. The Morgan fingerprint density at radius 2 is 2.14 bits per heavy atom. The molecule has 0 aliphatic rings. The van der Waals surface area contributed by atoms with E-state index in [1.54, 1.807) is 38.2 Å². The first kappa shape index (κ1) is 14.8. The highest BCUT2D eigenvalue weighted by Gasteiger charge is 2.15. The molecule has 110 valence electrons. The average molecular weight is 288 g/mol. The van der Waals surface area contributed by atoms with Crippen molar-refractivity contribution in [3.8, 4) is 11.6 Å². The van der Waals surface area contributed by atoms with Crippen LogP contribution in [0, 0.1) is 6.92 Å². The van der Waals surface area contributed by atoms with E-state index in [9.17, 15) is 9.90 Å². The van der Waals surface area contributed by atoms with Crippen molar-refractivity contribution in [2.24, 2.45) is 7.05 Å². The molecule has 0 radical (unpaired) electrons. The normalized spacial score (nSPS) is 11.0. The van der Waals surface area contributed by atoms with Crippen LogP contribution < -0.4 is 4.74 Å². The van der Waals surface area contributed by atoms with E-state index in [4.69, 9.17) is 9.84 Å². The van der Waals surface area contributed by atoms with Gasteiger partial charge in [-0.05, 0) is 19.1 Å². The van der Waals surface area contributed by atoms with Crippen molar-refractivity contribution in [3.63, 3.8) is 0 Å². The van der Waals surface area contributed by atoms with Gasteiger partial charge in [-0.15, -0.1) is 0 Å². The van der Waals surface area contributed by atoms with Crippen molar-refractivity contribution in [2.45, 2.75) is 13.5 Å². The van der Waals surface area contributed by atoms with E-state index >= 15 is 0 Å². The highest BCUT2D eigenvalue weighted by molar-refractivity contribution is 5.86. The summed E-state index contributed by atoms with van der Waals surface area (Å²) in [6, 6.07) is 7.09. The van der Waals surface area contributed by atoms with Gasteiger partial charge in [-0.3, -0.25) is 0 Å². The number of aliphatic carboxylic acids is 1. The number of aromatic nitrogens is 2. The summed E-state index contributed by atoms with van der Waals surface area (Å²) in [5.41, 5.74) is 1.89. The molecule has 0 fully saturated rings. The molecule has 6 heteroatoms. The molecule has 2 rings (SSSR count). The second-order valence-electron chi connectivity index (χ2n) is 4.47. The van der Waals surface area contributed by atoms with Gasteiger partial charge in [-0.25, -0.2) is 9.48 Å². The molecule has 1 heterocycles. The van der Waals surface area contributed by atoms with E-state index in [0.29, 0.717) is 28.5 Å². The molecule has 0 unspecified atom stereocenters. The molecule has 1 aromatic heterocycles. The van der Waals surface area contributed by atoms with E-state index in [1.165, 1.54) is 10.8 Å². The Labute approximate surface area is 121 Å². The lowest BCUT2D eigenvalue weighted by Gasteiger charge is -2.10. The Balaban J connectivity index is 2.42. The molecule has 2 N–H and O–H groups in total. The third-order valence-corrected chi connectivity index (χ3v) is 2.96. The van der Waals surface area contributed by atoms with Gasteiger partial charge in [0.1, 0.15) is 5.75 Å². The summed E-state index contributed by atoms with van der Waals surface area (Å²) in [6.07, 6.45) is 2.48. The lowest BCUT2D eigenvalue weighted by molar-refractivity contribution is -0.131. The smallest absolute Gasteiger partial charge is 0.328 e. The van der Waals surface area contributed by atoms with Crippen LogP contribution in [0.1, 0.15) is 16.8 Å². The highest BCUT2D eigenvalue weighted by Crippen LogP contribution is 2.30. The predicted octanol–water partition coefficient (Wildman–Crippen LogP) is 2.11. The monoisotopic (exact) mass is 288 g/mol. The molecule has 0 saturated heterocycles. The molecule has 0 amide bonds. The van der Waals surface area contributed by atoms with E-state index in [2.05, 4.69) is 5.10 Å². The van der Waals surface area contributed by atoms with Crippen molar-refractivity contribution in [1.29, 1.82) is 0 Å². The summed E-state index contributed by atoms with van der Waals surface area (Å²) in [6.45, 7) is 1.62. The van der Waals surface area contributed by atoms with Crippen molar-refractivity contribution < 1.29 is 19.7 Å². The fraction of sp³-hybridized carbons (Fsp3) is 0.200. The van der Waals surface area contributed by atoms with Gasteiger partial charge in [0, 0.05) is 18.7 Å². The minimum absolute atomic E-state index is 0.146. The van der Waals surface area contributed by atoms with E-state index in [-0.39, 0.29) is 6.61 Å². The van der Waals surface area contributed by atoms with Crippen LogP contribution in [0.15, 0.2) is 30.3 Å². The Morgan fingerprint density at radius 1 is 1.43 bits per heavy atom. The topological polar surface area (TPSA) is 84.6 Å². The quantitative estimate of drug-likeness (QED) is 0.823. The number of carbonyl (C=O) groups is 1. The van der Waals surface area contributed by atoms with Crippen molar-refractivity contribution in [2.75, 3.05) is 0 Å². The minimum atomic E-state index is -1.04. The number of benzene rings is 1. The van der Waals surface area contributed by atoms with Crippen LogP contribution in [-0.4, -0.2) is 26.0 Å². The zero-order valence-electron chi connectivity index (χ0n) is 11.8. The SMILES string of the molecule is Cc1nn(C)c(Oc2ccccc2CO)c1C=CC(=O)O. The summed E-state index contributed by atoms with van der Waals surface area (Å²) >= 11 is 0. The Hall–Kier alpha value is -2.60. The zero-order valence-corrected chi connectivity index (χ0v) is 11.8. The number of hydrogen-bond donors (Lipinski definition) is 2. The van der Waals surface area contributed by atoms with Crippen molar-refractivity contribution in [3.05, 3.63) is 47.2 Å². The van der Waals surface area contributed by atoms with E-state index in [0.717, 1.165) is 6.08 Å². The molecule has 0 bridgehead atoms. The Bertz CT molecular complexity index is 689. The van der Waals surface area contributed by atoms with Gasteiger partial charge in [0.25, 0.3) is 0 Å². The zero-order chi connectivity index (χ0) is 15.4. The van der Waals surface area contributed by atoms with Crippen LogP contribution in [0.25, 0.3) is 6.08 Å². The number of ether oxygens (including phenoxy) is 1. The van der Waals surface area contributed by atoms with Crippen molar-refractivity contribution >= 4 is 12.0 Å². The average Bonchev–Trinajstić information content (AvgIpc) is 2.71. The molecular formula is C15H16N2O4. The lowest BCUT2D eigenvalue weighted by Crippen LogP contribution is -1.98. The van der Waals surface area contributed by atoms with Crippen molar-refractivity contribution in [1.82, 2.24) is 9.78 Å². The van der Waals surface area contributed by atoms with Crippen LogP contribution in [0.3, 0.4) is 0 Å². The number of aliphatic hydroxyl groups is 1. The Morgan fingerprint density at radius 3 is 2.81 bits per heavy atom. The number of hydrogen-bond acceptors (Lipinski definition) is 4. The van der Waals surface area contributed by atoms with Gasteiger partial charge in [0.05, 0.1) is 17.9 Å². The van der Waals surface area contributed by atoms with E-state index < -0.39 is 5.97 Å².